The smallest absolute Gasteiger partial charge is 0.342 e. The van der Waals surface area contributed by atoms with Gasteiger partial charge in [-0.25, -0.2) is 4.79 Å². The molecule has 1 aromatic rings. The Morgan fingerprint density at radius 2 is 1.88 bits per heavy atom. The third kappa shape index (κ3) is 5.98. The molecule has 7 heteroatoms. The minimum atomic E-state index is -2.21. The summed E-state index contributed by atoms with van der Waals surface area (Å²) in [7, 11) is -0.546. The van der Waals surface area contributed by atoms with Crippen molar-refractivity contribution in [2.24, 2.45) is 0 Å². The highest BCUT2D eigenvalue weighted by atomic mass is 32.2. The first-order chi connectivity index (χ1) is 14.8. The fraction of sp³-hybridized carbons (Fsp3) is 0.600. The van der Waals surface area contributed by atoms with Crippen LogP contribution in [-0.4, -0.2) is 32.3 Å². The van der Waals surface area contributed by atoms with Gasteiger partial charge in [-0.15, -0.1) is 0 Å². The minimum Gasteiger partial charge on any atom is -0.543 e. The molecule has 0 amide bonds. The van der Waals surface area contributed by atoms with Crippen LogP contribution in [0.3, 0.4) is 0 Å². The van der Waals surface area contributed by atoms with E-state index < -0.39 is 8.32 Å². The summed E-state index contributed by atoms with van der Waals surface area (Å²) in [6.07, 6.45) is 4.67. The van der Waals surface area contributed by atoms with E-state index in [1.165, 1.54) is 17.3 Å². The Labute approximate surface area is 198 Å². The zero-order valence-corrected chi connectivity index (χ0v) is 22.9. The van der Waals surface area contributed by atoms with Crippen molar-refractivity contribution in [2.75, 3.05) is 12.9 Å². The third-order valence-corrected chi connectivity index (χ3v) is 11.7. The molecule has 1 aromatic carbocycles. The van der Waals surface area contributed by atoms with Crippen LogP contribution in [0.5, 0.6) is 11.5 Å². The molecule has 1 heterocycles. The predicted octanol–water partition coefficient (Wildman–Crippen LogP) is 6.61. The normalized spacial score (nSPS) is 14.3. The molecular weight excluding hydrogens is 440 g/mol. The number of cyclic esters (lactones) is 1. The summed E-state index contributed by atoms with van der Waals surface area (Å²) in [6.45, 7) is 16.9. The molecule has 0 radical (unpaired) electrons. The Bertz CT molecular complexity index is 912. The van der Waals surface area contributed by atoms with Crippen molar-refractivity contribution in [2.45, 2.75) is 85.5 Å². The molecule has 1 aliphatic heterocycles. The van der Waals surface area contributed by atoms with Crippen molar-refractivity contribution in [1.29, 1.82) is 0 Å². The summed E-state index contributed by atoms with van der Waals surface area (Å²) in [5, 5.41) is 0.141. The Morgan fingerprint density at radius 1 is 1.22 bits per heavy atom. The number of carbonyl (C=O) groups excluding carboxylic acids is 2. The minimum absolute atomic E-state index is 0.0160. The van der Waals surface area contributed by atoms with E-state index in [0.717, 1.165) is 41.0 Å². The summed E-state index contributed by atoms with van der Waals surface area (Å²) in [5.41, 5.74) is 4.52. The number of allylic oxidation sites excluding steroid dienone is 2. The van der Waals surface area contributed by atoms with Crippen LogP contribution in [0, 0.1) is 6.92 Å². The zero-order valence-electron chi connectivity index (χ0n) is 21.1. The lowest BCUT2D eigenvalue weighted by Crippen LogP contribution is -2.44. The van der Waals surface area contributed by atoms with Crippen molar-refractivity contribution in [3.8, 4) is 11.5 Å². The van der Waals surface area contributed by atoms with E-state index in [-0.39, 0.29) is 22.7 Å². The zero-order chi connectivity index (χ0) is 24.3. The van der Waals surface area contributed by atoms with Gasteiger partial charge in [-0.05, 0) is 56.8 Å². The second-order valence-electron chi connectivity index (χ2n) is 9.96. The number of esters is 1. The van der Waals surface area contributed by atoms with Crippen LogP contribution in [0.15, 0.2) is 11.6 Å². The molecule has 0 N–H and O–H groups in total. The molecule has 1 aliphatic rings. The maximum atomic E-state index is 12.7. The van der Waals surface area contributed by atoms with E-state index in [1.807, 2.05) is 6.92 Å². The van der Waals surface area contributed by atoms with E-state index >= 15 is 0 Å². The number of hydrogen-bond donors (Lipinski definition) is 0. The molecular formula is C25H38O5SSi. The molecule has 0 aliphatic carbocycles. The van der Waals surface area contributed by atoms with Crippen molar-refractivity contribution in [3.63, 3.8) is 0 Å². The number of hydrogen-bond acceptors (Lipinski definition) is 6. The van der Waals surface area contributed by atoms with E-state index in [4.69, 9.17) is 13.9 Å². The van der Waals surface area contributed by atoms with Gasteiger partial charge >= 0.3 is 5.97 Å². The number of fused-ring (bicyclic) bond motifs is 1. The van der Waals surface area contributed by atoms with E-state index in [0.29, 0.717) is 17.7 Å². The first-order valence-corrected chi connectivity index (χ1v) is 15.1. The summed E-state index contributed by atoms with van der Waals surface area (Å²) in [5.74, 6) is 1.91. The molecule has 0 saturated carbocycles. The molecule has 0 bridgehead atoms. The van der Waals surface area contributed by atoms with Crippen LogP contribution in [0.25, 0.3) is 0 Å². The molecule has 32 heavy (non-hydrogen) atoms. The van der Waals surface area contributed by atoms with Crippen LogP contribution < -0.4 is 9.16 Å². The number of benzene rings is 1. The molecule has 0 unspecified atom stereocenters. The quantitative estimate of drug-likeness (QED) is 0.172. The number of ether oxygens (including phenoxy) is 2. The van der Waals surface area contributed by atoms with Crippen LogP contribution in [0.2, 0.25) is 18.1 Å². The first kappa shape index (κ1) is 26.5. The lowest BCUT2D eigenvalue weighted by atomic mass is 9.94. The summed E-state index contributed by atoms with van der Waals surface area (Å²) < 4.78 is 18.0. The van der Waals surface area contributed by atoms with Crippen LogP contribution >= 0.6 is 11.8 Å². The van der Waals surface area contributed by atoms with Gasteiger partial charge < -0.3 is 13.9 Å². The second-order valence-corrected chi connectivity index (χ2v) is 16.0. The molecule has 0 spiro atoms. The molecule has 0 saturated heterocycles. The number of methoxy groups -OCH3 is 1. The fourth-order valence-corrected chi connectivity index (χ4v) is 5.09. The van der Waals surface area contributed by atoms with Gasteiger partial charge in [0, 0.05) is 23.8 Å². The highest BCUT2D eigenvalue weighted by molar-refractivity contribution is 8.13. The second kappa shape index (κ2) is 10.5. The van der Waals surface area contributed by atoms with Gasteiger partial charge in [-0.1, -0.05) is 44.2 Å². The maximum Gasteiger partial charge on any atom is 0.342 e. The van der Waals surface area contributed by atoms with Crippen LogP contribution in [-0.2, 0) is 22.6 Å². The van der Waals surface area contributed by atoms with E-state index in [2.05, 4.69) is 46.9 Å². The van der Waals surface area contributed by atoms with Gasteiger partial charge in [0.25, 0.3) is 8.32 Å². The standard InChI is InChI=1S/C25H38O5SSi/c1-16(11-10-14-31-18(3)26)12-13-19-22(28-7)17(2)20-15-29-24(27)21(20)23(19)30-32(8,9)25(4,5)6/h12H,10-11,13-15H2,1-9H3/b16-12+. The number of thioether (sulfide) groups is 1. The number of rotatable bonds is 9. The highest BCUT2D eigenvalue weighted by Gasteiger charge is 2.42. The summed E-state index contributed by atoms with van der Waals surface area (Å²) in [6, 6.07) is 0. The maximum absolute atomic E-state index is 12.7. The summed E-state index contributed by atoms with van der Waals surface area (Å²) in [4.78, 5) is 23.8. The van der Waals surface area contributed by atoms with Gasteiger partial charge in [-0.3, -0.25) is 4.79 Å². The van der Waals surface area contributed by atoms with Crippen molar-refractivity contribution in [1.82, 2.24) is 0 Å². The Morgan fingerprint density at radius 3 is 2.44 bits per heavy atom. The molecule has 2 rings (SSSR count). The molecule has 178 valence electrons. The average Bonchev–Trinajstić information content (AvgIpc) is 3.07. The molecule has 0 atom stereocenters. The first-order valence-electron chi connectivity index (χ1n) is 11.2. The average molecular weight is 479 g/mol. The molecule has 0 aromatic heterocycles. The van der Waals surface area contributed by atoms with Gasteiger partial charge in [0.1, 0.15) is 23.7 Å². The summed E-state index contributed by atoms with van der Waals surface area (Å²) >= 11 is 1.37. The van der Waals surface area contributed by atoms with Gasteiger partial charge in [0.2, 0.25) is 0 Å². The fourth-order valence-electron chi connectivity index (χ4n) is 3.48. The Balaban J connectivity index is 2.47. The van der Waals surface area contributed by atoms with Crippen molar-refractivity contribution in [3.05, 3.63) is 33.9 Å². The van der Waals surface area contributed by atoms with Crippen molar-refractivity contribution < 1.29 is 23.5 Å². The lowest BCUT2D eigenvalue weighted by molar-refractivity contribution is -0.109. The monoisotopic (exact) mass is 478 g/mol. The van der Waals surface area contributed by atoms with Crippen LogP contribution in [0.4, 0.5) is 0 Å². The van der Waals surface area contributed by atoms with Gasteiger partial charge in [0.05, 0.1) is 7.11 Å². The lowest BCUT2D eigenvalue weighted by Gasteiger charge is -2.37. The third-order valence-electron chi connectivity index (χ3n) is 6.46. The Kier molecular flexibility index (Phi) is 8.67. The SMILES string of the molecule is COc1c(C)c2c(c(O[Si](C)(C)C(C)(C)C)c1C/C=C(\C)CCCSC(C)=O)C(=O)OC2. The number of carbonyl (C=O) groups is 2. The predicted molar refractivity (Wildman–Crippen MR) is 135 cm³/mol. The Hall–Kier alpha value is -1.73. The largest absolute Gasteiger partial charge is 0.543 e. The molecule has 0 fully saturated rings. The van der Waals surface area contributed by atoms with Gasteiger partial charge in [-0.2, -0.15) is 0 Å². The van der Waals surface area contributed by atoms with Crippen LogP contribution in [0.1, 0.15) is 74.5 Å². The van der Waals surface area contributed by atoms with Crippen molar-refractivity contribution >= 4 is 31.2 Å². The van der Waals surface area contributed by atoms with E-state index in [9.17, 15) is 9.59 Å². The van der Waals surface area contributed by atoms with Gasteiger partial charge in [0.15, 0.2) is 5.12 Å². The molecule has 5 nitrogen and oxygen atoms in total. The van der Waals surface area contributed by atoms with E-state index in [1.54, 1.807) is 14.0 Å². The topological polar surface area (TPSA) is 61.8 Å². The highest BCUT2D eigenvalue weighted by Crippen LogP contribution is 2.46.